The number of hydrogen-bond acceptors (Lipinski definition) is 5. The quantitative estimate of drug-likeness (QED) is 0.817. The van der Waals surface area contributed by atoms with E-state index in [1.807, 2.05) is 17.9 Å². The van der Waals surface area contributed by atoms with Crippen LogP contribution in [0, 0.1) is 0 Å². The Kier molecular flexibility index (Phi) is 2.84. The van der Waals surface area contributed by atoms with Gasteiger partial charge in [-0.2, -0.15) is 5.10 Å². The molecule has 1 aliphatic heterocycles. The summed E-state index contributed by atoms with van der Waals surface area (Å²) in [4.78, 5) is 13.9. The number of hydrogen-bond donors (Lipinski definition) is 0. The zero-order valence-corrected chi connectivity index (χ0v) is 11.9. The van der Waals surface area contributed by atoms with Gasteiger partial charge in [-0.3, -0.25) is 9.58 Å². The average Bonchev–Trinajstić information content (AvgIpc) is 3.26. The van der Waals surface area contributed by atoms with Crippen LogP contribution in [0.2, 0.25) is 0 Å². The number of fused-ring (bicyclic) bond motifs is 1. The van der Waals surface area contributed by atoms with Gasteiger partial charge in [0.25, 0.3) is 0 Å². The predicted octanol–water partition coefficient (Wildman–Crippen LogP) is 1.04. The third kappa shape index (κ3) is 2.04. The molecule has 0 N–H and O–H groups in total. The first-order valence-corrected chi connectivity index (χ1v) is 7.44. The molecular weight excluding hydrogens is 252 g/mol. The molecule has 106 valence electrons. The van der Waals surface area contributed by atoms with Gasteiger partial charge < -0.3 is 4.90 Å². The molecule has 6 nitrogen and oxygen atoms in total. The fourth-order valence-electron chi connectivity index (χ4n) is 3.16. The summed E-state index contributed by atoms with van der Waals surface area (Å²) in [6.07, 6.45) is 7.53. The van der Waals surface area contributed by atoms with Gasteiger partial charge in [-0.25, -0.2) is 9.97 Å². The standard InChI is InChI=1S/C14H20N6/c1-18-13-12(9-17-18)14(16-10-15-13)20-6-2-5-19(7-8-20)11-3-4-11/h9-11H,2-8H2,1H3. The van der Waals surface area contributed by atoms with Crippen LogP contribution in [0.4, 0.5) is 5.82 Å². The Balaban J connectivity index is 1.61. The zero-order chi connectivity index (χ0) is 13.5. The van der Waals surface area contributed by atoms with Gasteiger partial charge >= 0.3 is 0 Å². The van der Waals surface area contributed by atoms with Gasteiger partial charge in [-0.15, -0.1) is 0 Å². The van der Waals surface area contributed by atoms with Crippen LogP contribution in [-0.2, 0) is 7.05 Å². The number of anilines is 1. The van der Waals surface area contributed by atoms with Crippen LogP contribution in [0.1, 0.15) is 19.3 Å². The summed E-state index contributed by atoms with van der Waals surface area (Å²) >= 11 is 0. The van der Waals surface area contributed by atoms with Crippen molar-refractivity contribution in [1.82, 2.24) is 24.6 Å². The molecule has 6 heteroatoms. The Hall–Kier alpha value is -1.69. The summed E-state index contributed by atoms with van der Waals surface area (Å²) in [5.41, 5.74) is 0.915. The Morgan fingerprint density at radius 3 is 2.85 bits per heavy atom. The maximum absolute atomic E-state index is 4.51. The molecule has 0 unspecified atom stereocenters. The molecule has 0 spiro atoms. The molecule has 2 fully saturated rings. The van der Waals surface area contributed by atoms with E-state index in [2.05, 4.69) is 24.9 Å². The van der Waals surface area contributed by atoms with Gasteiger partial charge in [0, 0.05) is 39.3 Å². The molecule has 3 heterocycles. The Morgan fingerprint density at radius 2 is 2.00 bits per heavy atom. The number of aryl methyl sites for hydroxylation is 1. The van der Waals surface area contributed by atoms with Gasteiger partial charge in [0.2, 0.25) is 0 Å². The van der Waals surface area contributed by atoms with Crippen molar-refractivity contribution >= 4 is 16.9 Å². The summed E-state index contributed by atoms with van der Waals surface area (Å²) in [6.45, 7) is 4.50. The molecule has 1 aliphatic carbocycles. The molecule has 2 aliphatic rings. The largest absolute Gasteiger partial charge is 0.355 e. The van der Waals surface area contributed by atoms with Crippen LogP contribution in [0.3, 0.4) is 0 Å². The highest BCUT2D eigenvalue weighted by atomic mass is 15.3. The number of nitrogens with zero attached hydrogens (tertiary/aromatic N) is 6. The minimum atomic E-state index is 0.860. The van der Waals surface area contributed by atoms with E-state index in [4.69, 9.17) is 0 Å². The monoisotopic (exact) mass is 272 g/mol. The zero-order valence-electron chi connectivity index (χ0n) is 11.9. The minimum Gasteiger partial charge on any atom is -0.355 e. The number of aromatic nitrogens is 4. The molecule has 0 aromatic carbocycles. The van der Waals surface area contributed by atoms with E-state index in [9.17, 15) is 0 Å². The van der Waals surface area contributed by atoms with E-state index in [1.54, 1.807) is 6.33 Å². The Labute approximate surface area is 118 Å². The van der Waals surface area contributed by atoms with Gasteiger partial charge in [0.05, 0.1) is 11.6 Å². The van der Waals surface area contributed by atoms with E-state index < -0.39 is 0 Å². The smallest absolute Gasteiger partial charge is 0.163 e. The van der Waals surface area contributed by atoms with Crippen LogP contribution in [0.15, 0.2) is 12.5 Å². The predicted molar refractivity (Wildman–Crippen MR) is 77.7 cm³/mol. The molecule has 1 saturated heterocycles. The molecule has 0 bridgehead atoms. The lowest BCUT2D eigenvalue weighted by molar-refractivity contribution is 0.283. The fraction of sp³-hybridized carbons (Fsp3) is 0.643. The lowest BCUT2D eigenvalue weighted by Crippen LogP contribution is -2.32. The van der Waals surface area contributed by atoms with E-state index in [0.717, 1.165) is 42.5 Å². The summed E-state index contributed by atoms with van der Waals surface area (Å²) in [5, 5.41) is 5.37. The molecule has 2 aromatic rings. The lowest BCUT2D eigenvalue weighted by Gasteiger charge is -2.22. The van der Waals surface area contributed by atoms with Crippen molar-refractivity contribution in [3.8, 4) is 0 Å². The highest BCUT2D eigenvalue weighted by Gasteiger charge is 2.30. The lowest BCUT2D eigenvalue weighted by atomic mass is 10.3. The minimum absolute atomic E-state index is 0.860. The van der Waals surface area contributed by atoms with Crippen molar-refractivity contribution in [3.63, 3.8) is 0 Å². The second-order valence-corrected chi connectivity index (χ2v) is 5.81. The molecular formula is C14H20N6. The van der Waals surface area contributed by atoms with Crippen molar-refractivity contribution in [2.45, 2.75) is 25.3 Å². The van der Waals surface area contributed by atoms with E-state index in [0.29, 0.717) is 0 Å². The molecule has 2 aromatic heterocycles. The van der Waals surface area contributed by atoms with E-state index >= 15 is 0 Å². The third-order valence-electron chi connectivity index (χ3n) is 4.40. The first-order valence-electron chi connectivity index (χ1n) is 7.44. The highest BCUT2D eigenvalue weighted by Crippen LogP contribution is 2.29. The summed E-state index contributed by atoms with van der Waals surface area (Å²) in [6, 6.07) is 0.860. The van der Waals surface area contributed by atoms with Crippen molar-refractivity contribution in [2.24, 2.45) is 7.05 Å². The summed E-state index contributed by atoms with van der Waals surface area (Å²) < 4.78 is 1.81. The second-order valence-electron chi connectivity index (χ2n) is 5.81. The van der Waals surface area contributed by atoms with Crippen molar-refractivity contribution in [3.05, 3.63) is 12.5 Å². The van der Waals surface area contributed by atoms with Gasteiger partial charge in [0.15, 0.2) is 5.65 Å². The normalized spacial score (nSPS) is 21.4. The van der Waals surface area contributed by atoms with Crippen LogP contribution < -0.4 is 4.90 Å². The van der Waals surface area contributed by atoms with Crippen molar-refractivity contribution < 1.29 is 0 Å². The molecule has 0 amide bonds. The van der Waals surface area contributed by atoms with Crippen LogP contribution in [0.5, 0.6) is 0 Å². The van der Waals surface area contributed by atoms with Gasteiger partial charge in [0.1, 0.15) is 12.1 Å². The maximum atomic E-state index is 4.51. The molecule has 0 radical (unpaired) electrons. The van der Waals surface area contributed by atoms with Gasteiger partial charge in [-0.1, -0.05) is 0 Å². The Bertz CT molecular complexity index is 617. The maximum Gasteiger partial charge on any atom is 0.163 e. The first kappa shape index (κ1) is 12.1. The van der Waals surface area contributed by atoms with Crippen molar-refractivity contribution in [2.75, 3.05) is 31.1 Å². The topological polar surface area (TPSA) is 50.1 Å². The summed E-state index contributed by atoms with van der Waals surface area (Å²) in [5.74, 6) is 1.04. The first-order chi connectivity index (χ1) is 9.83. The molecule has 4 rings (SSSR count). The average molecular weight is 272 g/mol. The Morgan fingerprint density at radius 1 is 1.10 bits per heavy atom. The van der Waals surface area contributed by atoms with Crippen molar-refractivity contribution in [1.29, 1.82) is 0 Å². The molecule has 20 heavy (non-hydrogen) atoms. The van der Waals surface area contributed by atoms with Crippen LogP contribution in [0.25, 0.3) is 11.0 Å². The molecule has 1 saturated carbocycles. The number of rotatable bonds is 2. The third-order valence-corrected chi connectivity index (χ3v) is 4.40. The van der Waals surface area contributed by atoms with Crippen LogP contribution >= 0.6 is 0 Å². The second kappa shape index (κ2) is 4.70. The van der Waals surface area contributed by atoms with Gasteiger partial charge in [-0.05, 0) is 19.3 Å². The molecule has 0 atom stereocenters. The fourth-order valence-corrected chi connectivity index (χ4v) is 3.16. The highest BCUT2D eigenvalue weighted by molar-refractivity contribution is 5.86. The van der Waals surface area contributed by atoms with E-state index in [1.165, 1.54) is 25.8 Å². The van der Waals surface area contributed by atoms with E-state index in [-0.39, 0.29) is 0 Å². The SMILES string of the molecule is Cn1ncc2c(N3CCCN(C4CC4)CC3)ncnc21. The van der Waals surface area contributed by atoms with Crippen LogP contribution in [-0.4, -0.2) is 56.9 Å². The summed E-state index contributed by atoms with van der Waals surface area (Å²) in [7, 11) is 1.93.